The van der Waals surface area contributed by atoms with E-state index in [1.54, 1.807) is 0 Å². The number of nitrogens with zero attached hydrogens (tertiary/aromatic N) is 1. The summed E-state index contributed by atoms with van der Waals surface area (Å²) in [6.07, 6.45) is 1.82. The zero-order valence-corrected chi connectivity index (χ0v) is 12.2. The van der Waals surface area contributed by atoms with E-state index in [1.807, 2.05) is 6.20 Å². The van der Waals surface area contributed by atoms with Crippen LogP contribution in [0.2, 0.25) is 0 Å². The maximum Gasteiger partial charge on any atom is 0.208 e. The molecule has 0 saturated heterocycles. The van der Waals surface area contributed by atoms with Gasteiger partial charge in [-0.05, 0) is 37.4 Å². The Balaban J connectivity index is 2.12. The largest absolute Gasteiger partial charge is 0.439 e. The van der Waals surface area contributed by atoms with Gasteiger partial charge in [0.25, 0.3) is 0 Å². The van der Waals surface area contributed by atoms with Crippen molar-refractivity contribution < 1.29 is 4.42 Å². The fourth-order valence-corrected chi connectivity index (χ4v) is 2.18. The molecule has 0 aliphatic rings. The van der Waals surface area contributed by atoms with E-state index in [-0.39, 0.29) is 0 Å². The van der Waals surface area contributed by atoms with E-state index in [0.717, 1.165) is 23.8 Å². The molecule has 0 unspecified atom stereocenters. The number of aromatic nitrogens is 1. The number of nitrogens with one attached hydrogen (secondary N) is 1. The quantitative estimate of drug-likeness (QED) is 0.888. The zero-order valence-electron chi connectivity index (χ0n) is 12.2. The third kappa shape index (κ3) is 3.44. The van der Waals surface area contributed by atoms with E-state index in [1.165, 1.54) is 11.1 Å². The first kappa shape index (κ1) is 13.8. The van der Waals surface area contributed by atoms with Crippen LogP contribution in [0.25, 0.3) is 11.3 Å². The van der Waals surface area contributed by atoms with Gasteiger partial charge >= 0.3 is 0 Å². The molecule has 0 amide bonds. The highest BCUT2D eigenvalue weighted by Crippen LogP contribution is 2.27. The lowest BCUT2D eigenvalue weighted by Gasteiger charge is -2.06. The van der Waals surface area contributed by atoms with E-state index >= 15 is 0 Å². The molecule has 0 saturated carbocycles. The summed E-state index contributed by atoms with van der Waals surface area (Å²) in [4.78, 5) is 4.34. The van der Waals surface area contributed by atoms with Gasteiger partial charge in [-0.2, -0.15) is 0 Å². The normalized spacial score (nSPS) is 11.2. The van der Waals surface area contributed by atoms with Crippen LogP contribution in [-0.4, -0.2) is 11.5 Å². The van der Waals surface area contributed by atoms with Crippen molar-refractivity contribution in [2.24, 2.45) is 5.92 Å². The molecule has 0 spiro atoms. The van der Waals surface area contributed by atoms with Gasteiger partial charge in [0.05, 0.1) is 12.7 Å². The highest BCUT2D eigenvalue weighted by atomic mass is 16.4. The van der Waals surface area contributed by atoms with Crippen molar-refractivity contribution in [3.8, 4) is 11.3 Å². The van der Waals surface area contributed by atoms with Gasteiger partial charge in [-0.25, -0.2) is 4.98 Å². The summed E-state index contributed by atoms with van der Waals surface area (Å²) in [6, 6.07) is 6.26. The molecular formula is C16H22N2O. The van der Waals surface area contributed by atoms with Crippen LogP contribution in [-0.2, 0) is 6.54 Å². The molecule has 1 N–H and O–H groups in total. The van der Waals surface area contributed by atoms with E-state index < -0.39 is 0 Å². The molecule has 19 heavy (non-hydrogen) atoms. The number of oxazole rings is 1. The second-order valence-electron chi connectivity index (χ2n) is 5.41. The smallest absolute Gasteiger partial charge is 0.208 e. The molecule has 0 aliphatic heterocycles. The maximum absolute atomic E-state index is 5.84. The van der Waals surface area contributed by atoms with Gasteiger partial charge < -0.3 is 9.73 Å². The van der Waals surface area contributed by atoms with Gasteiger partial charge in [0.15, 0.2) is 5.76 Å². The van der Waals surface area contributed by atoms with Crippen LogP contribution in [0.5, 0.6) is 0 Å². The summed E-state index contributed by atoms with van der Waals surface area (Å²) in [5.41, 5.74) is 3.60. The fourth-order valence-electron chi connectivity index (χ4n) is 2.18. The Hall–Kier alpha value is -1.61. The van der Waals surface area contributed by atoms with Crippen molar-refractivity contribution in [1.29, 1.82) is 0 Å². The minimum atomic E-state index is 0.632. The van der Waals surface area contributed by atoms with Crippen LogP contribution in [0.15, 0.2) is 28.8 Å². The minimum absolute atomic E-state index is 0.632. The number of benzene rings is 1. The lowest BCUT2D eigenvalue weighted by Crippen LogP contribution is -2.18. The number of hydrogen-bond acceptors (Lipinski definition) is 3. The zero-order chi connectivity index (χ0) is 13.8. The molecule has 0 bridgehead atoms. The average Bonchev–Trinajstić information content (AvgIpc) is 2.77. The van der Waals surface area contributed by atoms with Gasteiger partial charge in [-0.3, -0.25) is 0 Å². The van der Waals surface area contributed by atoms with E-state index in [9.17, 15) is 0 Å². The molecule has 0 radical (unpaired) electrons. The van der Waals surface area contributed by atoms with Gasteiger partial charge in [0.2, 0.25) is 5.89 Å². The third-order valence-corrected chi connectivity index (χ3v) is 3.11. The average molecular weight is 258 g/mol. The molecule has 3 heteroatoms. The van der Waals surface area contributed by atoms with Crippen molar-refractivity contribution in [3.05, 3.63) is 41.4 Å². The Morgan fingerprint density at radius 2 is 1.89 bits per heavy atom. The van der Waals surface area contributed by atoms with Crippen LogP contribution in [0.3, 0.4) is 0 Å². The Morgan fingerprint density at radius 1 is 1.21 bits per heavy atom. The number of aryl methyl sites for hydroxylation is 2. The summed E-state index contributed by atoms with van der Waals surface area (Å²) < 4.78 is 5.84. The maximum atomic E-state index is 5.84. The highest BCUT2D eigenvalue weighted by molar-refractivity contribution is 5.65. The van der Waals surface area contributed by atoms with E-state index in [0.29, 0.717) is 12.5 Å². The van der Waals surface area contributed by atoms with Gasteiger partial charge in [0, 0.05) is 5.56 Å². The number of rotatable bonds is 5. The summed E-state index contributed by atoms with van der Waals surface area (Å²) in [5, 5.41) is 3.34. The Bertz CT molecular complexity index is 523. The Labute approximate surface area is 115 Å². The van der Waals surface area contributed by atoms with Crippen LogP contribution in [0.4, 0.5) is 0 Å². The summed E-state index contributed by atoms with van der Waals surface area (Å²) >= 11 is 0. The standard InChI is InChI=1S/C16H22N2O/c1-11(2)8-17-10-15-18-9-14(19-15)16-12(3)6-5-7-13(16)4/h5-7,9,11,17H,8,10H2,1-4H3. The number of hydrogen-bond donors (Lipinski definition) is 1. The molecule has 3 nitrogen and oxygen atoms in total. The topological polar surface area (TPSA) is 38.1 Å². The Kier molecular flexibility index (Phi) is 4.38. The highest BCUT2D eigenvalue weighted by Gasteiger charge is 2.11. The van der Waals surface area contributed by atoms with Gasteiger partial charge in [-0.1, -0.05) is 32.0 Å². The molecule has 2 rings (SSSR count). The first-order chi connectivity index (χ1) is 9.08. The lowest BCUT2D eigenvalue weighted by atomic mass is 10.0. The molecule has 1 heterocycles. The summed E-state index contributed by atoms with van der Waals surface area (Å²) in [6.45, 7) is 10.2. The summed E-state index contributed by atoms with van der Waals surface area (Å²) in [7, 11) is 0. The van der Waals surface area contributed by atoms with Gasteiger partial charge in [0.1, 0.15) is 0 Å². The van der Waals surface area contributed by atoms with Crippen LogP contribution >= 0.6 is 0 Å². The summed E-state index contributed by atoms with van der Waals surface area (Å²) in [5.74, 6) is 2.24. The van der Waals surface area contributed by atoms with Crippen molar-refractivity contribution in [1.82, 2.24) is 10.3 Å². The Morgan fingerprint density at radius 3 is 2.53 bits per heavy atom. The minimum Gasteiger partial charge on any atom is -0.439 e. The van der Waals surface area contributed by atoms with E-state index in [4.69, 9.17) is 4.42 Å². The van der Waals surface area contributed by atoms with E-state index in [2.05, 4.69) is 56.2 Å². The second kappa shape index (κ2) is 6.02. The molecule has 2 aromatic rings. The predicted molar refractivity (Wildman–Crippen MR) is 78.0 cm³/mol. The van der Waals surface area contributed by atoms with Crippen molar-refractivity contribution in [3.63, 3.8) is 0 Å². The van der Waals surface area contributed by atoms with Gasteiger partial charge in [-0.15, -0.1) is 0 Å². The molecule has 1 aromatic heterocycles. The third-order valence-electron chi connectivity index (χ3n) is 3.11. The monoisotopic (exact) mass is 258 g/mol. The molecular weight excluding hydrogens is 236 g/mol. The fraction of sp³-hybridized carbons (Fsp3) is 0.438. The van der Waals surface area contributed by atoms with Crippen LogP contribution in [0, 0.1) is 19.8 Å². The van der Waals surface area contributed by atoms with Crippen molar-refractivity contribution in [2.75, 3.05) is 6.54 Å². The van der Waals surface area contributed by atoms with Crippen molar-refractivity contribution in [2.45, 2.75) is 34.2 Å². The first-order valence-electron chi connectivity index (χ1n) is 6.80. The molecule has 0 atom stereocenters. The molecule has 0 fully saturated rings. The lowest BCUT2D eigenvalue weighted by molar-refractivity contribution is 0.459. The molecule has 1 aromatic carbocycles. The van der Waals surface area contributed by atoms with Crippen LogP contribution in [0.1, 0.15) is 30.9 Å². The SMILES string of the molecule is Cc1cccc(C)c1-c1cnc(CNCC(C)C)o1. The predicted octanol–water partition coefficient (Wildman–Crippen LogP) is 3.70. The van der Waals surface area contributed by atoms with Crippen LogP contribution < -0.4 is 5.32 Å². The van der Waals surface area contributed by atoms with Crippen molar-refractivity contribution >= 4 is 0 Å². The molecule has 102 valence electrons. The first-order valence-corrected chi connectivity index (χ1v) is 6.80. The second-order valence-corrected chi connectivity index (χ2v) is 5.41. The molecule has 0 aliphatic carbocycles.